The van der Waals surface area contributed by atoms with Gasteiger partial charge in [-0.2, -0.15) is 10.2 Å². The number of nitriles is 1. The maximum Gasteiger partial charge on any atom is 0.241 e. The summed E-state index contributed by atoms with van der Waals surface area (Å²) in [6, 6.07) is 19.5. The Labute approximate surface area is 134 Å². The molecule has 0 bridgehead atoms. The van der Waals surface area contributed by atoms with E-state index in [2.05, 4.69) is 21.1 Å². The Morgan fingerprint density at radius 1 is 1.09 bits per heavy atom. The molecule has 0 aliphatic heterocycles. The molecular weight excluding hydrogens is 288 g/mol. The van der Waals surface area contributed by atoms with Gasteiger partial charge in [-0.05, 0) is 24.7 Å². The zero-order valence-electron chi connectivity index (χ0n) is 12.8. The first-order valence-corrected chi connectivity index (χ1v) is 7.30. The van der Waals surface area contributed by atoms with E-state index in [1.165, 1.54) is 0 Å². The molecule has 0 atom stereocenters. The Balaban J connectivity index is 1.65. The summed E-state index contributed by atoms with van der Waals surface area (Å²) in [7, 11) is 1.98. The minimum atomic E-state index is 0.552. The molecule has 0 fully saturated rings. The molecule has 0 aliphatic rings. The van der Waals surface area contributed by atoms with E-state index in [4.69, 9.17) is 9.78 Å². The fraction of sp³-hybridized carbons (Fsp3) is 0.167. The molecule has 1 aromatic heterocycles. The lowest BCUT2D eigenvalue weighted by molar-refractivity contribution is 0.261. The second-order valence-corrected chi connectivity index (χ2v) is 5.36. The summed E-state index contributed by atoms with van der Waals surface area (Å²) >= 11 is 0. The topological polar surface area (TPSA) is 66.0 Å². The van der Waals surface area contributed by atoms with Gasteiger partial charge in [0.05, 0.1) is 18.2 Å². The smallest absolute Gasteiger partial charge is 0.241 e. The van der Waals surface area contributed by atoms with Crippen LogP contribution in [0.3, 0.4) is 0 Å². The van der Waals surface area contributed by atoms with Crippen molar-refractivity contribution in [1.82, 2.24) is 15.0 Å². The molecule has 0 N–H and O–H groups in total. The first kappa shape index (κ1) is 14.9. The number of aromatic nitrogens is 2. The molecule has 1 heterocycles. The van der Waals surface area contributed by atoms with E-state index in [-0.39, 0.29) is 0 Å². The number of benzene rings is 2. The Morgan fingerprint density at radius 3 is 2.70 bits per heavy atom. The van der Waals surface area contributed by atoms with Crippen molar-refractivity contribution in [3.63, 3.8) is 0 Å². The molecule has 0 aliphatic carbocycles. The van der Waals surface area contributed by atoms with Gasteiger partial charge in [0.1, 0.15) is 0 Å². The van der Waals surface area contributed by atoms with Crippen LogP contribution in [-0.2, 0) is 13.1 Å². The highest BCUT2D eigenvalue weighted by molar-refractivity contribution is 5.53. The highest BCUT2D eigenvalue weighted by Gasteiger charge is 2.11. The van der Waals surface area contributed by atoms with Crippen LogP contribution < -0.4 is 0 Å². The average Bonchev–Trinajstić information content (AvgIpc) is 3.04. The van der Waals surface area contributed by atoms with Gasteiger partial charge in [0.25, 0.3) is 0 Å². The summed E-state index contributed by atoms with van der Waals surface area (Å²) in [6.45, 7) is 1.26. The van der Waals surface area contributed by atoms with Gasteiger partial charge in [-0.3, -0.25) is 4.90 Å². The number of nitrogens with zero attached hydrogens (tertiary/aromatic N) is 4. The van der Waals surface area contributed by atoms with Gasteiger partial charge >= 0.3 is 0 Å². The fourth-order valence-electron chi connectivity index (χ4n) is 2.36. The van der Waals surface area contributed by atoms with E-state index in [1.54, 1.807) is 6.07 Å². The van der Waals surface area contributed by atoms with Crippen molar-refractivity contribution in [3.05, 3.63) is 71.6 Å². The average molecular weight is 304 g/mol. The van der Waals surface area contributed by atoms with Crippen molar-refractivity contribution in [3.8, 4) is 17.5 Å². The lowest BCUT2D eigenvalue weighted by atomic mass is 10.1. The summed E-state index contributed by atoms with van der Waals surface area (Å²) in [5, 5.41) is 13.0. The van der Waals surface area contributed by atoms with Crippen molar-refractivity contribution < 1.29 is 4.52 Å². The molecule has 0 unspecified atom stereocenters. The number of rotatable bonds is 5. The van der Waals surface area contributed by atoms with Gasteiger partial charge in [-0.1, -0.05) is 47.6 Å². The highest BCUT2D eigenvalue weighted by Crippen LogP contribution is 2.16. The summed E-state index contributed by atoms with van der Waals surface area (Å²) in [4.78, 5) is 6.49. The lowest BCUT2D eigenvalue weighted by Gasteiger charge is -2.14. The normalized spacial score (nSPS) is 10.7. The van der Waals surface area contributed by atoms with Crippen LogP contribution in [0.2, 0.25) is 0 Å². The molecule has 114 valence electrons. The predicted octanol–water partition coefficient (Wildman–Crippen LogP) is 3.24. The molecule has 5 heteroatoms. The van der Waals surface area contributed by atoms with Gasteiger partial charge < -0.3 is 4.52 Å². The summed E-state index contributed by atoms with van der Waals surface area (Å²) < 4.78 is 5.32. The van der Waals surface area contributed by atoms with E-state index < -0.39 is 0 Å². The van der Waals surface area contributed by atoms with Gasteiger partial charge in [-0.25, -0.2) is 0 Å². The lowest BCUT2D eigenvalue weighted by Crippen LogP contribution is -2.17. The zero-order valence-corrected chi connectivity index (χ0v) is 12.8. The van der Waals surface area contributed by atoms with E-state index >= 15 is 0 Å². The van der Waals surface area contributed by atoms with E-state index in [9.17, 15) is 0 Å². The third-order valence-electron chi connectivity index (χ3n) is 3.41. The molecule has 0 saturated carbocycles. The van der Waals surface area contributed by atoms with Crippen LogP contribution in [0.1, 0.15) is 17.0 Å². The van der Waals surface area contributed by atoms with E-state index in [0.717, 1.165) is 11.1 Å². The molecule has 0 radical (unpaired) electrons. The molecule has 0 amide bonds. The SMILES string of the molecule is CN(Cc1cccc(C#N)c1)Cc1nc(-c2ccccc2)no1. The van der Waals surface area contributed by atoms with Crippen LogP contribution in [0, 0.1) is 11.3 Å². The van der Waals surface area contributed by atoms with Crippen molar-refractivity contribution in [2.45, 2.75) is 13.1 Å². The van der Waals surface area contributed by atoms with E-state index in [0.29, 0.717) is 30.4 Å². The summed E-state index contributed by atoms with van der Waals surface area (Å²) in [6.07, 6.45) is 0. The molecule has 2 aromatic carbocycles. The van der Waals surface area contributed by atoms with Gasteiger partial charge in [0.2, 0.25) is 11.7 Å². The molecule has 5 nitrogen and oxygen atoms in total. The quantitative estimate of drug-likeness (QED) is 0.724. The largest absolute Gasteiger partial charge is 0.338 e. The maximum absolute atomic E-state index is 8.95. The number of hydrogen-bond acceptors (Lipinski definition) is 5. The molecule has 3 aromatic rings. The predicted molar refractivity (Wildman–Crippen MR) is 86.1 cm³/mol. The molecule has 3 rings (SSSR count). The van der Waals surface area contributed by atoms with Gasteiger partial charge in [0, 0.05) is 12.1 Å². The standard InChI is InChI=1S/C18H16N4O/c1-22(12-15-7-5-6-14(10-15)11-19)13-17-20-18(21-23-17)16-8-3-2-4-9-16/h2-10H,12-13H2,1H3. The number of hydrogen-bond donors (Lipinski definition) is 0. The van der Waals surface area contributed by atoms with Crippen LogP contribution in [0.15, 0.2) is 59.1 Å². The third kappa shape index (κ3) is 3.82. The van der Waals surface area contributed by atoms with Crippen molar-refractivity contribution in [1.29, 1.82) is 5.26 Å². The highest BCUT2D eigenvalue weighted by atomic mass is 16.5. The maximum atomic E-state index is 8.95. The van der Waals surface area contributed by atoms with Crippen molar-refractivity contribution >= 4 is 0 Å². The Morgan fingerprint density at radius 2 is 1.91 bits per heavy atom. The van der Waals surface area contributed by atoms with Crippen LogP contribution in [-0.4, -0.2) is 22.1 Å². The second-order valence-electron chi connectivity index (χ2n) is 5.36. The summed E-state index contributed by atoms with van der Waals surface area (Å²) in [5.41, 5.74) is 2.68. The van der Waals surface area contributed by atoms with Crippen LogP contribution >= 0.6 is 0 Å². The van der Waals surface area contributed by atoms with Crippen molar-refractivity contribution in [2.24, 2.45) is 0 Å². The van der Waals surface area contributed by atoms with Crippen LogP contribution in [0.25, 0.3) is 11.4 Å². The minimum absolute atomic E-state index is 0.552. The van der Waals surface area contributed by atoms with Gasteiger partial charge in [0.15, 0.2) is 0 Å². The molecule has 23 heavy (non-hydrogen) atoms. The minimum Gasteiger partial charge on any atom is -0.338 e. The van der Waals surface area contributed by atoms with Crippen molar-refractivity contribution in [2.75, 3.05) is 7.05 Å². The summed E-state index contributed by atoms with van der Waals surface area (Å²) in [5.74, 6) is 1.17. The molecular formula is C18H16N4O. The Kier molecular flexibility index (Phi) is 4.46. The monoisotopic (exact) mass is 304 g/mol. The third-order valence-corrected chi connectivity index (χ3v) is 3.41. The Hall–Kier alpha value is -2.97. The Bertz CT molecular complexity index is 820. The first-order chi connectivity index (χ1) is 11.2. The molecule has 0 saturated heterocycles. The first-order valence-electron chi connectivity index (χ1n) is 7.30. The zero-order chi connectivity index (χ0) is 16.1. The van der Waals surface area contributed by atoms with Gasteiger partial charge in [-0.15, -0.1) is 0 Å². The van der Waals surface area contributed by atoms with Crippen LogP contribution in [0.4, 0.5) is 0 Å². The molecule has 0 spiro atoms. The van der Waals surface area contributed by atoms with Crippen LogP contribution in [0.5, 0.6) is 0 Å². The second kappa shape index (κ2) is 6.86. The van der Waals surface area contributed by atoms with E-state index in [1.807, 2.05) is 55.6 Å². The fourth-order valence-corrected chi connectivity index (χ4v) is 2.36.